The van der Waals surface area contributed by atoms with Gasteiger partial charge in [-0.1, -0.05) is 0 Å². The molecule has 0 aliphatic carbocycles. The lowest BCUT2D eigenvalue weighted by atomic mass is 10.2. The van der Waals surface area contributed by atoms with Crippen molar-refractivity contribution in [1.82, 2.24) is 9.78 Å². The molecule has 1 unspecified atom stereocenters. The molecule has 1 heterocycles. The molecule has 4 heteroatoms. The van der Waals surface area contributed by atoms with E-state index in [1.165, 1.54) is 0 Å². The Hall–Kier alpha value is -1.16. The Balaban J connectivity index is 2.63. The predicted molar refractivity (Wildman–Crippen MR) is 48.4 cm³/mol. The minimum absolute atomic E-state index is 0.295. The van der Waals surface area contributed by atoms with E-state index in [2.05, 4.69) is 5.10 Å². The SMILES string of the molecule is CC(C)n1ccc(CC(O)C=O)n1. The molecule has 0 spiro atoms. The molecule has 0 fully saturated rings. The van der Waals surface area contributed by atoms with Crippen molar-refractivity contribution in [1.29, 1.82) is 0 Å². The van der Waals surface area contributed by atoms with Crippen LogP contribution in [0.1, 0.15) is 25.6 Å². The van der Waals surface area contributed by atoms with Crippen LogP contribution < -0.4 is 0 Å². The Bertz CT molecular complexity index is 281. The number of carbonyl (C=O) groups is 1. The first-order valence-electron chi connectivity index (χ1n) is 4.31. The monoisotopic (exact) mass is 182 g/mol. The number of nitrogens with zero attached hydrogens (tertiary/aromatic N) is 2. The molecule has 0 saturated heterocycles. The van der Waals surface area contributed by atoms with Gasteiger partial charge in [-0.25, -0.2) is 0 Å². The van der Waals surface area contributed by atoms with Crippen molar-refractivity contribution in [3.8, 4) is 0 Å². The molecule has 72 valence electrons. The summed E-state index contributed by atoms with van der Waals surface area (Å²) in [7, 11) is 0. The third-order valence-electron chi connectivity index (χ3n) is 1.77. The van der Waals surface area contributed by atoms with Gasteiger partial charge in [-0.15, -0.1) is 0 Å². The van der Waals surface area contributed by atoms with Crippen LogP contribution in [0, 0.1) is 0 Å². The third kappa shape index (κ3) is 2.66. The average molecular weight is 182 g/mol. The lowest BCUT2D eigenvalue weighted by molar-refractivity contribution is -0.114. The van der Waals surface area contributed by atoms with Gasteiger partial charge in [0, 0.05) is 18.7 Å². The van der Waals surface area contributed by atoms with Crippen LogP contribution in [-0.2, 0) is 11.2 Å². The zero-order valence-electron chi connectivity index (χ0n) is 7.84. The van der Waals surface area contributed by atoms with E-state index in [0.717, 1.165) is 5.69 Å². The lowest BCUT2D eigenvalue weighted by Gasteiger charge is -2.04. The summed E-state index contributed by atoms with van der Waals surface area (Å²) in [5, 5.41) is 13.2. The number of hydrogen-bond acceptors (Lipinski definition) is 3. The van der Waals surface area contributed by atoms with Crippen molar-refractivity contribution in [3.05, 3.63) is 18.0 Å². The highest BCUT2D eigenvalue weighted by molar-refractivity contribution is 5.56. The fraction of sp³-hybridized carbons (Fsp3) is 0.556. The van der Waals surface area contributed by atoms with Gasteiger partial charge >= 0.3 is 0 Å². The van der Waals surface area contributed by atoms with Crippen molar-refractivity contribution in [2.45, 2.75) is 32.4 Å². The van der Waals surface area contributed by atoms with Crippen LogP contribution in [0.4, 0.5) is 0 Å². The molecular weight excluding hydrogens is 168 g/mol. The number of aliphatic hydroxyl groups is 1. The van der Waals surface area contributed by atoms with Crippen LogP contribution in [0.25, 0.3) is 0 Å². The molecule has 0 aliphatic heterocycles. The molecule has 0 radical (unpaired) electrons. The highest BCUT2D eigenvalue weighted by Crippen LogP contribution is 2.05. The lowest BCUT2D eigenvalue weighted by Crippen LogP contribution is -2.12. The quantitative estimate of drug-likeness (QED) is 0.692. The minimum Gasteiger partial charge on any atom is -0.385 e. The summed E-state index contributed by atoms with van der Waals surface area (Å²) in [6.45, 7) is 4.04. The predicted octanol–water partition coefficient (Wildman–Crippen LogP) is 0.566. The number of carbonyl (C=O) groups excluding carboxylic acids is 1. The molecule has 13 heavy (non-hydrogen) atoms. The number of hydrogen-bond donors (Lipinski definition) is 1. The van der Waals surface area contributed by atoms with Crippen molar-refractivity contribution in [2.24, 2.45) is 0 Å². The Morgan fingerprint density at radius 3 is 2.85 bits per heavy atom. The Morgan fingerprint density at radius 2 is 2.38 bits per heavy atom. The van der Waals surface area contributed by atoms with Gasteiger partial charge in [0.1, 0.15) is 12.4 Å². The summed E-state index contributed by atoms with van der Waals surface area (Å²) in [4.78, 5) is 10.2. The molecule has 0 bridgehead atoms. The number of aromatic nitrogens is 2. The van der Waals surface area contributed by atoms with Gasteiger partial charge in [0.25, 0.3) is 0 Å². The van der Waals surface area contributed by atoms with E-state index in [4.69, 9.17) is 5.11 Å². The van der Waals surface area contributed by atoms with Crippen molar-refractivity contribution in [3.63, 3.8) is 0 Å². The standard InChI is InChI=1S/C9H14N2O2/c1-7(2)11-4-3-8(10-11)5-9(13)6-12/h3-4,6-7,9,13H,5H2,1-2H3. The molecular formula is C9H14N2O2. The van der Waals surface area contributed by atoms with Gasteiger partial charge in [0.05, 0.1) is 5.69 Å². The van der Waals surface area contributed by atoms with Crippen LogP contribution in [0.3, 0.4) is 0 Å². The highest BCUT2D eigenvalue weighted by atomic mass is 16.3. The molecule has 1 aromatic rings. The van der Waals surface area contributed by atoms with Crippen LogP contribution in [0.5, 0.6) is 0 Å². The van der Waals surface area contributed by atoms with Crippen molar-refractivity contribution < 1.29 is 9.90 Å². The second kappa shape index (κ2) is 4.18. The Labute approximate surface area is 77.2 Å². The number of aldehydes is 1. The van der Waals surface area contributed by atoms with Crippen LogP contribution in [-0.4, -0.2) is 27.3 Å². The van der Waals surface area contributed by atoms with E-state index < -0.39 is 6.10 Å². The highest BCUT2D eigenvalue weighted by Gasteiger charge is 2.07. The number of aliphatic hydroxyl groups excluding tert-OH is 1. The third-order valence-corrected chi connectivity index (χ3v) is 1.77. The summed E-state index contributed by atoms with van der Waals surface area (Å²) in [6, 6.07) is 2.12. The first-order valence-corrected chi connectivity index (χ1v) is 4.31. The largest absolute Gasteiger partial charge is 0.385 e. The number of rotatable bonds is 4. The van der Waals surface area contributed by atoms with E-state index in [9.17, 15) is 4.79 Å². The van der Waals surface area contributed by atoms with E-state index in [-0.39, 0.29) is 0 Å². The van der Waals surface area contributed by atoms with Gasteiger partial charge in [-0.2, -0.15) is 5.10 Å². The molecule has 0 amide bonds. The van der Waals surface area contributed by atoms with Gasteiger partial charge < -0.3 is 9.90 Å². The molecule has 1 N–H and O–H groups in total. The zero-order chi connectivity index (χ0) is 9.84. The fourth-order valence-corrected chi connectivity index (χ4v) is 1.04. The molecule has 1 rings (SSSR count). The summed E-state index contributed by atoms with van der Waals surface area (Å²) < 4.78 is 1.80. The van der Waals surface area contributed by atoms with Crippen LogP contribution >= 0.6 is 0 Å². The maximum atomic E-state index is 10.2. The smallest absolute Gasteiger partial charge is 0.148 e. The zero-order valence-corrected chi connectivity index (χ0v) is 7.84. The maximum absolute atomic E-state index is 10.2. The van der Waals surface area contributed by atoms with Crippen molar-refractivity contribution in [2.75, 3.05) is 0 Å². The van der Waals surface area contributed by atoms with Gasteiger partial charge in [-0.05, 0) is 19.9 Å². The van der Waals surface area contributed by atoms with Gasteiger partial charge in [0.15, 0.2) is 0 Å². The van der Waals surface area contributed by atoms with Crippen LogP contribution in [0.2, 0.25) is 0 Å². The molecule has 0 aromatic carbocycles. The van der Waals surface area contributed by atoms with E-state index >= 15 is 0 Å². The first kappa shape index (κ1) is 9.92. The molecule has 4 nitrogen and oxygen atoms in total. The molecule has 0 aliphatic rings. The molecule has 1 atom stereocenters. The molecule has 0 saturated carbocycles. The first-order chi connectivity index (χ1) is 6.13. The van der Waals surface area contributed by atoms with Crippen molar-refractivity contribution >= 4 is 6.29 Å². The molecule has 1 aromatic heterocycles. The summed E-state index contributed by atoms with van der Waals surface area (Å²) in [5.74, 6) is 0. The van der Waals surface area contributed by atoms with E-state index in [1.807, 2.05) is 26.1 Å². The summed E-state index contributed by atoms with van der Waals surface area (Å²) in [6.07, 6.45) is 1.73. The van der Waals surface area contributed by atoms with Crippen LogP contribution in [0.15, 0.2) is 12.3 Å². The minimum atomic E-state index is -0.935. The second-order valence-corrected chi connectivity index (χ2v) is 3.29. The van der Waals surface area contributed by atoms with E-state index in [0.29, 0.717) is 18.7 Å². The normalized spacial score (nSPS) is 13.2. The topological polar surface area (TPSA) is 55.1 Å². The average Bonchev–Trinajstić information content (AvgIpc) is 2.52. The summed E-state index contributed by atoms with van der Waals surface area (Å²) in [5.41, 5.74) is 0.744. The Kier molecular flexibility index (Phi) is 3.19. The maximum Gasteiger partial charge on any atom is 0.148 e. The Morgan fingerprint density at radius 1 is 1.69 bits per heavy atom. The summed E-state index contributed by atoms with van der Waals surface area (Å²) >= 11 is 0. The fourth-order valence-electron chi connectivity index (χ4n) is 1.04. The van der Waals surface area contributed by atoms with Gasteiger partial charge in [0.2, 0.25) is 0 Å². The van der Waals surface area contributed by atoms with E-state index in [1.54, 1.807) is 4.68 Å². The second-order valence-electron chi connectivity index (χ2n) is 3.29. The van der Waals surface area contributed by atoms with Gasteiger partial charge in [-0.3, -0.25) is 4.68 Å².